The lowest BCUT2D eigenvalue weighted by atomic mass is 10.2. The highest BCUT2D eigenvalue weighted by atomic mass is 32.2. The number of guanidine groups is 1. The standard InChI is InChI=1S/C13H28N4O2S/c1-6-14-12(17-10-13(2,3)20-5)16-9-11(18)15-7-8-19-4/h6-10H2,1-5H3,(H,15,18)(H2,14,16,17). The normalized spacial score (nSPS) is 12.2. The van der Waals surface area contributed by atoms with Crippen molar-refractivity contribution in [1.29, 1.82) is 0 Å². The molecule has 0 saturated heterocycles. The number of methoxy groups -OCH3 is 1. The van der Waals surface area contributed by atoms with E-state index in [4.69, 9.17) is 4.74 Å². The highest BCUT2D eigenvalue weighted by Crippen LogP contribution is 2.19. The highest BCUT2D eigenvalue weighted by Gasteiger charge is 2.16. The molecule has 7 heteroatoms. The molecule has 0 fully saturated rings. The Balaban J connectivity index is 4.22. The molecule has 0 rings (SSSR count). The third-order valence-electron chi connectivity index (χ3n) is 2.59. The molecule has 0 bridgehead atoms. The number of nitrogens with zero attached hydrogens (tertiary/aromatic N) is 1. The Bertz CT molecular complexity index is 309. The van der Waals surface area contributed by atoms with Crippen LogP contribution in [0.2, 0.25) is 0 Å². The third-order valence-corrected chi connectivity index (χ3v) is 3.84. The zero-order valence-corrected chi connectivity index (χ0v) is 14.0. The minimum atomic E-state index is -0.108. The molecule has 0 aliphatic heterocycles. The quantitative estimate of drug-likeness (QED) is 0.327. The van der Waals surface area contributed by atoms with Crippen LogP contribution in [-0.4, -0.2) is 62.8 Å². The Morgan fingerprint density at radius 2 is 2.00 bits per heavy atom. The molecule has 0 aromatic heterocycles. The lowest BCUT2D eigenvalue weighted by molar-refractivity contribution is -0.119. The van der Waals surface area contributed by atoms with Gasteiger partial charge in [-0.15, -0.1) is 0 Å². The van der Waals surface area contributed by atoms with Crippen molar-refractivity contribution in [2.45, 2.75) is 25.5 Å². The predicted octanol–water partition coefficient (Wildman–Crippen LogP) is 0.446. The monoisotopic (exact) mass is 304 g/mol. The molecule has 118 valence electrons. The van der Waals surface area contributed by atoms with Gasteiger partial charge in [0.1, 0.15) is 6.54 Å². The molecule has 0 aliphatic rings. The summed E-state index contributed by atoms with van der Waals surface area (Å²) >= 11 is 1.79. The van der Waals surface area contributed by atoms with Crippen LogP contribution in [0, 0.1) is 0 Å². The predicted molar refractivity (Wildman–Crippen MR) is 86.5 cm³/mol. The first-order valence-corrected chi connectivity index (χ1v) is 8.00. The fourth-order valence-electron chi connectivity index (χ4n) is 1.21. The molecule has 6 nitrogen and oxygen atoms in total. The number of aliphatic imine (C=N–C) groups is 1. The minimum Gasteiger partial charge on any atom is -0.383 e. The first kappa shape index (κ1) is 19.1. The van der Waals surface area contributed by atoms with Crippen LogP contribution in [-0.2, 0) is 9.53 Å². The van der Waals surface area contributed by atoms with E-state index in [1.165, 1.54) is 0 Å². The van der Waals surface area contributed by atoms with Crippen molar-refractivity contribution in [3.8, 4) is 0 Å². The Morgan fingerprint density at radius 1 is 1.30 bits per heavy atom. The molecule has 0 spiro atoms. The van der Waals surface area contributed by atoms with Gasteiger partial charge in [0, 0.05) is 31.5 Å². The first-order valence-electron chi connectivity index (χ1n) is 6.78. The zero-order valence-electron chi connectivity index (χ0n) is 13.2. The Morgan fingerprint density at radius 3 is 2.55 bits per heavy atom. The van der Waals surface area contributed by atoms with E-state index < -0.39 is 0 Å². The summed E-state index contributed by atoms with van der Waals surface area (Å²) in [5, 5.41) is 9.11. The van der Waals surface area contributed by atoms with Crippen molar-refractivity contribution in [2.75, 3.05) is 46.2 Å². The van der Waals surface area contributed by atoms with Crippen LogP contribution in [0.15, 0.2) is 4.99 Å². The minimum absolute atomic E-state index is 0.108. The molecule has 0 radical (unpaired) electrons. The van der Waals surface area contributed by atoms with Crippen LogP contribution in [0.1, 0.15) is 20.8 Å². The van der Waals surface area contributed by atoms with E-state index in [-0.39, 0.29) is 17.2 Å². The maximum absolute atomic E-state index is 11.6. The number of carbonyl (C=O) groups excluding carboxylic acids is 1. The van der Waals surface area contributed by atoms with E-state index in [1.807, 2.05) is 6.92 Å². The summed E-state index contributed by atoms with van der Waals surface area (Å²) < 4.78 is 4.99. The van der Waals surface area contributed by atoms with Gasteiger partial charge in [0.15, 0.2) is 5.96 Å². The second-order valence-electron chi connectivity index (χ2n) is 4.86. The van der Waals surface area contributed by atoms with Gasteiger partial charge in [0.2, 0.25) is 5.91 Å². The molecule has 1 amide bonds. The number of ether oxygens (including phenoxy) is 1. The van der Waals surface area contributed by atoms with Crippen LogP contribution in [0.4, 0.5) is 0 Å². The van der Waals surface area contributed by atoms with Gasteiger partial charge in [-0.3, -0.25) is 4.79 Å². The molecule has 20 heavy (non-hydrogen) atoms. The average Bonchev–Trinajstić information content (AvgIpc) is 2.42. The van der Waals surface area contributed by atoms with Crippen molar-refractivity contribution in [3.05, 3.63) is 0 Å². The van der Waals surface area contributed by atoms with Crippen LogP contribution in [0.5, 0.6) is 0 Å². The molecule has 3 N–H and O–H groups in total. The molecular weight excluding hydrogens is 276 g/mol. The Kier molecular flexibility index (Phi) is 10.3. The maximum Gasteiger partial charge on any atom is 0.241 e. The molecule has 0 heterocycles. The van der Waals surface area contributed by atoms with Crippen LogP contribution >= 0.6 is 11.8 Å². The Labute approximate surface area is 126 Å². The zero-order chi connectivity index (χ0) is 15.4. The summed E-state index contributed by atoms with van der Waals surface area (Å²) in [5.41, 5.74) is 0. The van der Waals surface area contributed by atoms with E-state index in [0.29, 0.717) is 19.1 Å². The van der Waals surface area contributed by atoms with E-state index in [9.17, 15) is 4.79 Å². The van der Waals surface area contributed by atoms with Crippen LogP contribution < -0.4 is 16.0 Å². The third kappa shape index (κ3) is 9.91. The number of carbonyl (C=O) groups is 1. The number of amides is 1. The van der Waals surface area contributed by atoms with E-state index in [1.54, 1.807) is 18.9 Å². The van der Waals surface area contributed by atoms with E-state index >= 15 is 0 Å². The van der Waals surface area contributed by atoms with Gasteiger partial charge in [0.25, 0.3) is 0 Å². The van der Waals surface area contributed by atoms with Crippen molar-refractivity contribution in [1.82, 2.24) is 16.0 Å². The number of thioether (sulfide) groups is 1. The van der Waals surface area contributed by atoms with Gasteiger partial charge in [-0.25, -0.2) is 4.99 Å². The fraction of sp³-hybridized carbons (Fsp3) is 0.846. The molecule has 0 atom stereocenters. The summed E-state index contributed by atoms with van der Waals surface area (Å²) in [6.07, 6.45) is 2.08. The van der Waals surface area contributed by atoms with Crippen LogP contribution in [0.25, 0.3) is 0 Å². The highest BCUT2D eigenvalue weighted by molar-refractivity contribution is 7.99. The molecule has 0 aromatic rings. The lowest BCUT2D eigenvalue weighted by Gasteiger charge is -2.23. The van der Waals surface area contributed by atoms with Gasteiger partial charge >= 0.3 is 0 Å². The fourth-order valence-corrected chi connectivity index (χ4v) is 1.43. The van der Waals surface area contributed by atoms with Crippen molar-refractivity contribution in [2.24, 2.45) is 4.99 Å². The summed E-state index contributed by atoms with van der Waals surface area (Å²) in [6, 6.07) is 0. The molecular formula is C13H28N4O2S. The average molecular weight is 304 g/mol. The number of hydrogen-bond donors (Lipinski definition) is 3. The molecule has 0 aromatic carbocycles. The number of nitrogens with one attached hydrogen (secondary N) is 3. The van der Waals surface area contributed by atoms with Crippen molar-refractivity contribution in [3.63, 3.8) is 0 Å². The van der Waals surface area contributed by atoms with Gasteiger partial charge in [0.05, 0.1) is 6.61 Å². The maximum atomic E-state index is 11.6. The van der Waals surface area contributed by atoms with Gasteiger partial charge in [-0.1, -0.05) is 0 Å². The second kappa shape index (κ2) is 10.8. The molecule has 0 unspecified atom stereocenters. The van der Waals surface area contributed by atoms with Gasteiger partial charge in [-0.2, -0.15) is 11.8 Å². The Hall–Kier alpha value is -0.950. The van der Waals surface area contributed by atoms with Crippen LogP contribution in [0.3, 0.4) is 0 Å². The molecule has 0 aliphatic carbocycles. The summed E-state index contributed by atoms with van der Waals surface area (Å²) in [6.45, 7) is 8.98. The largest absolute Gasteiger partial charge is 0.383 e. The van der Waals surface area contributed by atoms with Crippen molar-refractivity contribution >= 4 is 23.6 Å². The summed E-state index contributed by atoms with van der Waals surface area (Å²) in [5.74, 6) is 0.555. The van der Waals surface area contributed by atoms with Gasteiger partial charge in [-0.05, 0) is 27.0 Å². The number of hydrogen-bond acceptors (Lipinski definition) is 4. The summed E-state index contributed by atoms with van der Waals surface area (Å²) in [4.78, 5) is 15.8. The number of rotatable bonds is 9. The van der Waals surface area contributed by atoms with E-state index in [2.05, 4.69) is 41.0 Å². The SMILES string of the molecule is CCNC(=NCC(=O)NCCOC)NCC(C)(C)SC. The van der Waals surface area contributed by atoms with E-state index in [0.717, 1.165) is 13.1 Å². The topological polar surface area (TPSA) is 74.8 Å². The molecule has 0 saturated carbocycles. The van der Waals surface area contributed by atoms with Gasteiger partial charge < -0.3 is 20.7 Å². The second-order valence-corrected chi connectivity index (χ2v) is 6.37. The van der Waals surface area contributed by atoms with Crippen molar-refractivity contribution < 1.29 is 9.53 Å². The smallest absolute Gasteiger partial charge is 0.241 e. The summed E-state index contributed by atoms with van der Waals surface area (Å²) in [7, 11) is 1.60. The lowest BCUT2D eigenvalue weighted by Crippen LogP contribution is -2.44. The first-order chi connectivity index (χ1) is 9.45.